The van der Waals surface area contributed by atoms with E-state index in [1.165, 1.54) is 0 Å². The topological polar surface area (TPSA) is 63.5 Å². The van der Waals surface area contributed by atoms with Crippen LogP contribution in [0.15, 0.2) is 59.7 Å². The van der Waals surface area contributed by atoms with E-state index in [0.29, 0.717) is 12.5 Å². The molecule has 9 heteroatoms. The van der Waals surface area contributed by atoms with E-state index in [1.807, 2.05) is 36.5 Å². The highest BCUT2D eigenvalue weighted by Gasteiger charge is 2.07. The molecule has 3 rings (SSSR count). The molecule has 0 saturated carbocycles. The zero-order valence-corrected chi connectivity index (χ0v) is 18.4. The lowest BCUT2D eigenvalue weighted by atomic mass is 10.2. The molecule has 0 aliphatic carbocycles. The van der Waals surface area contributed by atoms with Crippen LogP contribution in [-0.4, -0.2) is 29.9 Å². The fraction of sp³-hybridized carbons (Fsp3) is 0.200. The van der Waals surface area contributed by atoms with Gasteiger partial charge >= 0.3 is 0 Å². The van der Waals surface area contributed by atoms with Crippen LogP contribution < -0.4 is 15.4 Å². The predicted octanol–water partition coefficient (Wildman–Crippen LogP) is 3.64. The van der Waals surface area contributed by atoms with Crippen molar-refractivity contribution in [3.05, 3.63) is 77.6 Å². The van der Waals surface area contributed by atoms with Crippen LogP contribution >= 0.6 is 24.0 Å². The minimum absolute atomic E-state index is 0. The number of aliphatic imine (C=N–C) groups is 1. The molecule has 2 aromatic carbocycles. The number of methoxy groups -OCH3 is 1. The molecular weight excluding hydrogens is 491 g/mol. The molecule has 6 nitrogen and oxygen atoms in total. The maximum Gasteiger partial charge on any atom is 0.191 e. The van der Waals surface area contributed by atoms with Gasteiger partial charge in [-0.25, -0.2) is 13.5 Å². The molecule has 0 bridgehead atoms. The lowest BCUT2D eigenvalue weighted by Crippen LogP contribution is -2.36. The first-order chi connectivity index (χ1) is 13.6. The summed E-state index contributed by atoms with van der Waals surface area (Å²) in [6, 6.07) is 12.8. The third kappa shape index (κ3) is 6.14. The SMILES string of the molecule is CN=C(NCc1ccn(-c2ccc(OC)cc2)n1)NCc1cc(F)ccc1F.I. The Balaban J connectivity index is 0.00000300. The van der Waals surface area contributed by atoms with Crippen molar-refractivity contribution in [1.29, 1.82) is 0 Å². The van der Waals surface area contributed by atoms with Crippen molar-refractivity contribution in [2.24, 2.45) is 4.99 Å². The molecule has 0 fully saturated rings. The van der Waals surface area contributed by atoms with Crippen LogP contribution in [0.3, 0.4) is 0 Å². The summed E-state index contributed by atoms with van der Waals surface area (Å²) in [6.07, 6.45) is 1.86. The number of halogens is 3. The number of benzene rings is 2. The number of aromatic nitrogens is 2. The summed E-state index contributed by atoms with van der Waals surface area (Å²) >= 11 is 0. The molecule has 1 heterocycles. The summed E-state index contributed by atoms with van der Waals surface area (Å²) in [5.74, 6) is 0.290. The highest BCUT2D eigenvalue weighted by Crippen LogP contribution is 2.14. The standard InChI is InChI=1S/C20H21F2N5O.HI/c1-23-20(24-12-14-11-15(21)3-8-19(14)22)25-13-16-9-10-27(26-16)17-4-6-18(28-2)7-5-17;/h3-11H,12-13H2,1-2H3,(H2,23,24,25);1H. The average Bonchev–Trinajstić information content (AvgIpc) is 3.19. The van der Waals surface area contributed by atoms with E-state index in [-0.39, 0.29) is 36.1 Å². The summed E-state index contributed by atoms with van der Waals surface area (Å²) in [5, 5.41) is 10.6. The van der Waals surface area contributed by atoms with Gasteiger partial charge in [-0.3, -0.25) is 4.99 Å². The van der Waals surface area contributed by atoms with Crippen LogP contribution in [0.5, 0.6) is 5.75 Å². The zero-order valence-electron chi connectivity index (χ0n) is 16.0. The average molecular weight is 513 g/mol. The van der Waals surface area contributed by atoms with Crippen molar-refractivity contribution in [1.82, 2.24) is 20.4 Å². The number of ether oxygens (including phenoxy) is 1. The molecule has 0 amide bonds. The molecule has 154 valence electrons. The second-order valence-corrected chi connectivity index (χ2v) is 5.96. The number of hydrogen-bond donors (Lipinski definition) is 2. The molecule has 0 radical (unpaired) electrons. The molecule has 1 aromatic heterocycles. The Hall–Kier alpha value is -2.69. The monoisotopic (exact) mass is 513 g/mol. The first-order valence-electron chi connectivity index (χ1n) is 8.66. The van der Waals surface area contributed by atoms with Crippen LogP contribution in [0.1, 0.15) is 11.3 Å². The van der Waals surface area contributed by atoms with Gasteiger partial charge in [-0.05, 0) is 48.5 Å². The van der Waals surface area contributed by atoms with E-state index >= 15 is 0 Å². The van der Waals surface area contributed by atoms with Gasteiger partial charge in [0, 0.05) is 25.4 Å². The second-order valence-electron chi connectivity index (χ2n) is 5.96. The van der Waals surface area contributed by atoms with Gasteiger partial charge in [0.2, 0.25) is 0 Å². The quantitative estimate of drug-likeness (QED) is 0.300. The van der Waals surface area contributed by atoms with Gasteiger partial charge in [0.15, 0.2) is 5.96 Å². The minimum atomic E-state index is -0.481. The first kappa shape index (κ1) is 22.6. The Bertz CT molecular complexity index is 960. The molecule has 0 saturated heterocycles. The fourth-order valence-corrected chi connectivity index (χ4v) is 2.59. The van der Waals surface area contributed by atoms with E-state index in [9.17, 15) is 8.78 Å². The van der Waals surface area contributed by atoms with E-state index in [1.54, 1.807) is 18.8 Å². The van der Waals surface area contributed by atoms with Gasteiger partial charge in [0.25, 0.3) is 0 Å². The van der Waals surface area contributed by atoms with E-state index in [0.717, 1.165) is 35.3 Å². The molecule has 3 aromatic rings. The maximum atomic E-state index is 13.7. The van der Waals surface area contributed by atoms with E-state index in [2.05, 4.69) is 20.7 Å². The van der Waals surface area contributed by atoms with Gasteiger partial charge in [-0.15, -0.1) is 24.0 Å². The smallest absolute Gasteiger partial charge is 0.191 e. The molecule has 2 N–H and O–H groups in total. The fourth-order valence-electron chi connectivity index (χ4n) is 2.59. The number of nitrogens with one attached hydrogen (secondary N) is 2. The minimum Gasteiger partial charge on any atom is -0.497 e. The molecule has 0 atom stereocenters. The lowest BCUT2D eigenvalue weighted by molar-refractivity contribution is 0.414. The molecule has 0 aliphatic rings. The maximum absolute atomic E-state index is 13.7. The summed E-state index contributed by atoms with van der Waals surface area (Å²) in [4.78, 5) is 4.08. The first-order valence-corrected chi connectivity index (χ1v) is 8.66. The largest absolute Gasteiger partial charge is 0.497 e. The Morgan fingerprint density at radius 3 is 2.48 bits per heavy atom. The predicted molar refractivity (Wildman–Crippen MR) is 119 cm³/mol. The van der Waals surface area contributed by atoms with E-state index < -0.39 is 11.6 Å². The number of nitrogens with zero attached hydrogens (tertiary/aromatic N) is 3. The summed E-state index contributed by atoms with van der Waals surface area (Å²) in [6.45, 7) is 0.540. The summed E-state index contributed by atoms with van der Waals surface area (Å²) < 4.78 is 33.9. The van der Waals surface area contributed by atoms with Crippen LogP contribution in [0.2, 0.25) is 0 Å². The second kappa shape index (κ2) is 10.7. The Morgan fingerprint density at radius 2 is 1.79 bits per heavy atom. The third-order valence-corrected chi connectivity index (χ3v) is 4.10. The highest BCUT2D eigenvalue weighted by atomic mass is 127. The Kier molecular flexibility index (Phi) is 8.37. The van der Waals surface area contributed by atoms with Crippen LogP contribution in [0.4, 0.5) is 8.78 Å². The van der Waals surface area contributed by atoms with Gasteiger partial charge in [-0.1, -0.05) is 0 Å². The van der Waals surface area contributed by atoms with Crippen LogP contribution in [-0.2, 0) is 13.1 Å². The van der Waals surface area contributed by atoms with Gasteiger partial charge in [0.05, 0.1) is 25.0 Å². The van der Waals surface area contributed by atoms with Crippen molar-refractivity contribution in [3.8, 4) is 11.4 Å². The molecule has 0 unspecified atom stereocenters. The van der Waals surface area contributed by atoms with Crippen LogP contribution in [0, 0.1) is 11.6 Å². The van der Waals surface area contributed by atoms with Crippen molar-refractivity contribution < 1.29 is 13.5 Å². The van der Waals surface area contributed by atoms with Gasteiger partial charge < -0.3 is 15.4 Å². The van der Waals surface area contributed by atoms with Crippen molar-refractivity contribution in [3.63, 3.8) is 0 Å². The number of rotatable bonds is 6. The normalized spacial score (nSPS) is 11.0. The third-order valence-electron chi connectivity index (χ3n) is 4.10. The van der Waals surface area contributed by atoms with Crippen molar-refractivity contribution in [2.75, 3.05) is 14.2 Å². The molecular formula is C20H22F2IN5O. The van der Waals surface area contributed by atoms with Crippen molar-refractivity contribution >= 4 is 29.9 Å². The molecule has 29 heavy (non-hydrogen) atoms. The molecule has 0 aliphatic heterocycles. The summed E-state index contributed by atoms with van der Waals surface area (Å²) in [7, 11) is 3.23. The molecule has 0 spiro atoms. The lowest BCUT2D eigenvalue weighted by Gasteiger charge is -2.11. The number of guanidine groups is 1. The van der Waals surface area contributed by atoms with Crippen molar-refractivity contribution in [2.45, 2.75) is 13.1 Å². The number of hydrogen-bond acceptors (Lipinski definition) is 3. The Labute approximate surface area is 185 Å². The van der Waals surface area contributed by atoms with E-state index in [4.69, 9.17) is 4.74 Å². The Morgan fingerprint density at radius 1 is 1.07 bits per heavy atom. The van der Waals surface area contributed by atoms with Crippen LogP contribution in [0.25, 0.3) is 5.69 Å². The van der Waals surface area contributed by atoms with Gasteiger partial charge in [-0.2, -0.15) is 5.10 Å². The zero-order chi connectivity index (χ0) is 19.9. The van der Waals surface area contributed by atoms with Gasteiger partial charge in [0.1, 0.15) is 17.4 Å². The summed E-state index contributed by atoms with van der Waals surface area (Å²) in [5.41, 5.74) is 1.94. The highest BCUT2D eigenvalue weighted by molar-refractivity contribution is 14.0.